The molecular formula is C14H25N3O3S. The minimum absolute atomic E-state index is 0.278. The third-order valence-corrected chi connectivity index (χ3v) is 5.86. The number of nitrogens with two attached hydrogens (primary N) is 1. The molecule has 6 nitrogen and oxygen atoms in total. The van der Waals surface area contributed by atoms with Crippen LogP contribution in [0.15, 0.2) is 17.2 Å². The lowest BCUT2D eigenvalue weighted by Gasteiger charge is -2.31. The second kappa shape index (κ2) is 6.91. The first kappa shape index (κ1) is 16.5. The van der Waals surface area contributed by atoms with E-state index in [2.05, 4.69) is 0 Å². The van der Waals surface area contributed by atoms with Crippen LogP contribution >= 0.6 is 0 Å². The lowest BCUT2D eigenvalue weighted by molar-refractivity contribution is 0.118. The van der Waals surface area contributed by atoms with Crippen molar-refractivity contribution >= 4 is 10.0 Å². The van der Waals surface area contributed by atoms with Crippen LogP contribution in [0, 0.1) is 5.92 Å². The van der Waals surface area contributed by atoms with E-state index in [1.54, 1.807) is 23.7 Å². The molecule has 1 saturated heterocycles. The number of hydrogen-bond donors (Lipinski definition) is 1. The standard InChI is InChI=1S/C14H25N3O3S/c1-3-16-10-14(7-13(16)8-15)21(18,19)17-6-4-5-12(9-17)11-20-2/h7,10,12H,3-6,8-9,11,15H2,1-2H3. The van der Waals surface area contributed by atoms with Crippen LogP contribution in [0.25, 0.3) is 0 Å². The maximum atomic E-state index is 12.8. The van der Waals surface area contributed by atoms with Gasteiger partial charge in [0, 0.05) is 45.2 Å². The highest BCUT2D eigenvalue weighted by atomic mass is 32.2. The Kier molecular flexibility index (Phi) is 5.43. The van der Waals surface area contributed by atoms with E-state index in [-0.39, 0.29) is 5.92 Å². The Labute approximate surface area is 126 Å². The number of sulfonamides is 1. The van der Waals surface area contributed by atoms with Crippen LogP contribution in [0.5, 0.6) is 0 Å². The monoisotopic (exact) mass is 315 g/mol. The van der Waals surface area contributed by atoms with E-state index >= 15 is 0 Å². The van der Waals surface area contributed by atoms with Crippen molar-refractivity contribution in [2.75, 3.05) is 26.8 Å². The van der Waals surface area contributed by atoms with Crippen LogP contribution in [0.4, 0.5) is 0 Å². The Bertz CT molecular complexity index is 545. The molecule has 1 fully saturated rings. The lowest BCUT2D eigenvalue weighted by atomic mass is 10.0. The average Bonchev–Trinajstić information content (AvgIpc) is 2.92. The molecule has 2 rings (SSSR count). The number of methoxy groups -OCH3 is 1. The van der Waals surface area contributed by atoms with Gasteiger partial charge in [-0.05, 0) is 31.7 Å². The van der Waals surface area contributed by atoms with E-state index in [9.17, 15) is 8.42 Å². The van der Waals surface area contributed by atoms with E-state index in [0.717, 1.165) is 18.5 Å². The minimum atomic E-state index is -3.43. The molecule has 2 N–H and O–H groups in total. The summed E-state index contributed by atoms with van der Waals surface area (Å²) in [7, 11) is -1.78. The average molecular weight is 315 g/mol. The van der Waals surface area contributed by atoms with Crippen molar-refractivity contribution in [1.82, 2.24) is 8.87 Å². The van der Waals surface area contributed by atoms with Gasteiger partial charge in [0.15, 0.2) is 0 Å². The van der Waals surface area contributed by atoms with Crippen molar-refractivity contribution < 1.29 is 13.2 Å². The zero-order valence-electron chi connectivity index (χ0n) is 12.8. The molecule has 1 unspecified atom stereocenters. The van der Waals surface area contributed by atoms with Crippen molar-refractivity contribution in [1.29, 1.82) is 0 Å². The van der Waals surface area contributed by atoms with E-state index in [1.165, 1.54) is 0 Å². The smallest absolute Gasteiger partial charge is 0.244 e. The SMILES string of the molecule is CCn1cc(S(=O)(=O)N2CCCC(COC)C2)cc1CN. The molecule has 0 amide bonds. The molecule has 0 bridgehead atoms. The lowest BCUT2D eigenvalue weighted by Crippen LogP contribution is -2.41. The summed E-state index contributed by atoms with van der Waals surface area (Å²) in [5.41, 5.74) is 6.53. The number of aromatic nitrogens is 1. The Morgan fingerprint density at radius 1 is 1.48 bits per heavy atom. The van der Waals surface area contributed by atoms with Gasteiger partial charge in [0.05, 0.1) is 6.61 Å². The molecule has 1 aliphatic rings. The van der Waals surface area contributed by atoms with Crippen molar-refractivity contribution in [3.63, 3.8) is 0 Å². The molecule has 0 aliphatic carbocycles. The fourth-order valence-corrected chi connectivity index (χ4v) is 4.52. The first-order chi connectivity index (χ1) is 10.0. The second-order valence-corrected chi connectivity index (χ2v) is 7.42. The van der Waals surface area contributed by atoms with Crippen LogP contribution in [-0.4, -0.2) is 44.1 Å². The summed E-state index contributed by atoms with van der Waals surface area (Å²) >= 11 is 0. The van der Waals surface area contributed by atoms with Crippen LogP contribution in [0.2, 0.25) is 0 Å². The number of hydrogen-bond acceptors (Lipinski definition) is 4. The third-order valence-electron chi connectivity index (χ3n) is 4.03. The van der Waals surface area contributed by atoms with Crippen LogP contribution in [0.1, 0.15) is 25.5 Å². The van der Waals surface area contributed by atoms with Gasteiger partial charge < -0.3 is 15.0 Å². The third kappa shape index (κ3) is 3.48. The summed E-state index contributed by atoms with van der Waals surface area (Å²) in [4.78, 5) is 0.350. The van der Waals surface area contributed by atoms with Crippen molar-refractivity contribution in [2.45, 2.75) is 37.8 Å². The molecule has 1 aliphatic heterocycles. The van der Waals surface area contributed by atoms with Crippen LogP contribution in [-0.2, 0) is 27.8 Å². The van der Waals surface area contributed by atoms with Gasteiger partial charge >= 0.3 is 0 Å². The molecule has 120 valence electrons. The summed E-state index contributed by atoms with van der Waals surface area (Å²) in [6.07, 6.45) is 3.59. The molecule has 0 spiro atoms. The van der Waals surface area contributed by atoms with E-state index in [1.807, 2.05) is 11.5 Å². The Hall–Kier alpha value is -0.890. The molecular weight excluding hydrogens is 290 g/mol. The molecule has 1 aromatic heterocycles. The van der Waals surface area contributed by atoms with Crippen molar-refractivity contribution in [3.8, 4) is 0 Å². The summed E-state index contributed by atoms with van der Waals surface area (Å²) in [5.74, 6) is 0.278. The van der Waals surface area contributed by atoms with Crippen LogP contribution in [0.3, 0.4) is 0 Å². The van der Waals surface area contributed by atoms with E-state index in [4.69, 9.17) is 10.5 Å². The molecule has 21 heavy (non-hydrogen) atoms. The first-order valence-corrected chi connectivity index (χ1v) is 8.85. The number of ether oxygens (including phenoxy) is 1. The van der Waals surface area contributed by atoms with E-state index in [0.29, 0.717) is 37.7 Å². The zero-order valence-corrected chi connectivity index (χ0v) is 13.6. The Morgan fingerprint density at radius 2 is 2.24 bits per heavy atom. The van der Waals surface area contributed by atoms with Gasteiger partial charge in [0.1, 0.15) is 4.90 Å². The second-order valence-electron chi connectivity index (χ2n) is 5.48. The number of aryl methyl sites for hydroxylation is 1. The quantitative estimate of drug-likeness (QED) is 0.850. The Morgan fingerprint density at radius 3 is 2.81 bits per heavy atom. The van der Waals surface area contributed by atoms with Gasteiger partial charge in [-0.3, -0.25) is 0 Å². The topological polar surface area (TPSA) is 77.6 Å². The summed E-state index contributed by atoms with van der Waals surface area (Å²) in [6, 6.07) is 1.69. The van der Waals surface area contributed by atoms with Gasteiger partial charge in [-0.2, -0.15) is 4.31 Å². The van der Waals surface area contributed by atoms with E-state index < -0.39 is 10.0 Å². The molecule has 7 heteroatoms. The summed E-state index contributed by atoms with van der Waals surface area (Å²) in [5, 5.41) is 0. The highest BCUT2D eigenvalue weighted by Crippen LogP contribution is 2.25. The maximum Gasteiger partial charge on any atom is 0.244 e. The number of rotatable bonds is 6. The number of nitrogens with zero attached hydrogens (tertiary/aromatic N) is 2. The van der Waals surface area contributed by atoms with Crippen molar-refractivity contribution in [2.24, 2.45) is 11.7 Å². The highest BCUT2D eigenvalue weighted by molar-refractivity contribution is 7.89. The predicted octanol–water partition coefficient (Wildman–Crippen LogP) is 1.01. The summed E-state index contributed by atoms with van der Waals surface area (Å²) in [6.45, 7) is 4.76. The highest BCUT2D eigenvalue weighted by Gasteiger charge is 2.31. The zero-order chi connectivity index (χ0) is 15.5. The normalized spacial score (nSPS) is 20.8. The largest absolute Gasteiger partial charge is 0.384 e. The van der Waals surface area contributed by atoms with Gasteiger partial charge in [0.25, 0.3) is 0 Å². The fourth-order valence-electron chi connectivity index (χ4n) is 2.90. The number of piperidine rings is 1. The molecule has 1 aromatic rings. The minimum Gasteiger partial charge on any atom is -0.384 e. The van der Waals surface area contributed by atoms with Crippen molar-refractivity contribution in [3.05, 3.63) is 18.0 Å². The molecule has 0 saturated carbocycles. The maximum absolute atomic E-state index is 12.8. The molecule has 0 radical (unpaired) electrons. The fraction of sp³-hybridized carbons (Fsp3) is 0.714. The first-order valence-electron chi connectivity index (χ1n) is 7.41. The van der Waals surface area contributed by atoms with Crippen LogP contribution < -0.4 is 5.73 Å². The van der Waals surface area contributed by atoms with Gasteiger partial charge in [-0.1, -0.05) is 0 Å². The van der Waals surface area contributed by atoms with Gasteiger partial charge in [-0.25, -0.2) is 8.42 Å². The van der Waals surface area contributed by atoms with Gasteiger partial charge in [-0.15, -0.1) is 0 Å². The Balaban J connectivity index is 2.22. The molecule has 2 heterocycles. The predicted molar refractivity (Wildman–Crippen MR) is 81.4 cm³/mol. The summed E-state index contributed by atoms with van der Waals surface area (Å²) < 4.78 is 34.2. The molecule has 1 atom stereocenters. The van der Waals surface area contributed by atoms with Gasteiger partial charge in [0.2, 0.25) is 10.0 Å². The molecule has 0 aromatic carbocycles.